The van der Waals surface area contributed by atoms with Crippen molar-refractivity contribution in [1.82, 2.24) is 9.78 Å². The number of rotatable bonds is 4. The number of aromatic nitrogens is 2. The largest absolute Gasteiger partial charge is 0.393 e. The molecule has 1 aromatic heterocycles. The van der Waals surface area contributed by atoms with Crippen molar-refractivity contribution in [1.29, 1.82) is 0 Å². The Labute approximate surface area is 111 Å². The van der Waals surface area contributed by atoms with Crippen LogP contribution in [0.25, 0.3) is 0 Å². The lowest BCUT2D eigenvalue weighted by Gasteiger charge is -2.26. The van der Waals surface area contributed by atoms with E-state index < -0.39 is 4.92 Å². The average molecular weight is 268 g/mol. The number of aliphatic hydroxyl groups excluding tert-OH is 1. The van der Waals surface area contributed by atoms with Gasteiger partial charge < -0.3 is 10.4 Å². The molecule has 2 rings (SSSR count). The topological polar surface area (TPSA) is 93.2 Å². The van der Waals surface area contributed by atoms with E-state index in [1.54, 1.807) is 14.0 Å². The predicted octanol–water partition coefficient (Wildman–Crippen LogP) is 1.60. The van der Waals surface area contributed by atoms with Gasteiger partial charge >= 0.3 is 5.69 Å². The third kappa shape index (κ3) is 3.04. The molecule has 2 N–H and O–H groups in total. The first-order valence-electron chi connectivity index (χ1n) is 6.59. The van der Waals surface area contributed by atoms with Crippen LogP contribution in [0.2, 0.25) is 0 Å². The smallest absolute Gasteiger partial charge is 0.333 e. The Hall–Kier alpha value is -1.63. The number of aryl methyl sites for hydroxylation is 2. The van der Waals surface area contributed by atoms with Crippen molar-refractivity contribution >= 4 is 11.5 Å². The molecule has 0 spiro atoms. The minimum absolute atomic E-state index is 0.0406. The Balaban J connectivity index is 2.05. The zero-order valence-electron chi connectivity index (χ0n) is 11.3. The molecule has 1 aromatic rings. The number of nitrogens with zero attached hydrogens (tertiary/aromatic N) is 3. The maximum absolute atomic E-state index is 11.0. The second kappa shape index (κ2) is 5.56. The van der Waals surface area contributed by atoms with E-state index in [2.05, 4.69) is 10.4 Å². The molecule has 1 fully saturated rings. The zero-order chi connectivity index (χ0) is 14.0. The van der Waals surface area contributed by atoms with Gasteiger partial charge in [0, 0.05) is 13.6 Å². The van der Waals surface area contributed by atoms with Crippen molar-refractivity contribution in [3.63, 3.8) is 0 Å². The quantitative estimate of drug-likeness (QED) is 0.639. The van der Waals surface area contributed by atoms with E-state index in [1.165, 1.54) is 4.68 Å². The highest BCUT2D eigenvalue weighted by Crippen LogP contribution is 2.29. The third-order valence-electron chi connectivity index (χ3n) is 3.69. The van der Waals surface area contributed by atoms with E-state index in [0.29, 0.717) is 24.0 Å². The number of aliphatic hydroxyl groups is 1. The molecule has 0 amide bonds. The summed E-state index contributed by atoms with van der Waals surface area (Å²) in [5.41, 5.74) is 0.456. The molecule has 0 saturated heterocycles. The molecule has 1 aliphatic carbocycles. The number of hydrogen-bond acceptors (Lipinski definition) is 5. The van der Waals surface area contributed by atoms with E-state index in [1.807, 2.05) is 0 Å². The van der Waals surface area contributed by atoms with Crippen molar-refractivity contribution in [2.45, 2.75) is 38.7 Å². The van der Waals surface area contributed by atoms with E-state index in [4.69, 9.17) is 0 Å². The summed E-state index contributed by atoms with van der Waals surface area (Å²) >= 11 is 0. The van der Waals surface area contributed by atoms with Crippen LogP contribution in [0.5, 0.6) is 0 Å². The lowest BCUT2D eigenvalue weighted by molar-refractivity contribution is -0.384. The third-order valence-corrected chi connectivity index (χ3v) is 3.69. The molecule has 0 bridgehead atoms. The fourth-order valence-electron chi connectivity index (χ4n) is 2.75. The van der Waals surface area contributed by atoms with E-state index in [-0.39, 0.29) is 11.8 Å². The van der Waals surface area contributed by atoms with Gasteiger partial charge in [0.05, 0.1) is 11.0 Å². The van der Waals surface area contributed by atoms with Crippen molar-refractivity contribution in [2.75, 3.05) is 11.9 Å². The first-order chi connectivity index (χ1) is 8.99. The van der Waals surface area contributed by atoms with Gasteiger partial charge in [-0.15, -0.1) is 0 Å². The van der Waals surface area contributed by atoms with Gasteiger partial charge in [-0.25, -0.2) is 4.68 Å². The van der Waals surface area contributed by atoms with Crippen LogP contribution in [0.15, 0.2) is 0 Å². The fraction of sp³-hybridized carbons (Fsp3) is 0.750. The lowest BCUT2D eigenvalue weighted by atomic mass is 9.87. The monoisotopic (exact) mass is 268 g/mol. The van der Waals surface area contributed by atoms with Crippen LogP contribution in [0, 0.1) is 23.0 Å². The summed E-state index contributed by atoms with van der Waals surface area (Å²) in [7, 11) is 1.69. The normalized spacial score (nSPS) is 23.3. The Morgan fingerprint density at radius 3 is 2.95 bits per heavy atom. The molecule has 1 heterocycles. The van der Waals surface area contributed by atoms with Gasteiger partial charge in [0.15, 0.2) is 0 Å². The summed E-state index contributed by atoms with van der Waals surface area (Å²) in [4.78, 5) is 10.6. The second-order valence-corrected chi connectivity index (χ2v) is 5.23. The Morgan fingerprint density at radius 1 is 1.58 bits per heavy atom. The molecular weight excluding hydrogens is 248 g/mol. The molecule has 7 heteroatoms. The first-order valence-corrected chi connectivity index (χ1v) is 6.59. The molecule has 2 unspecified atom stereocenters. The van der Waals surface area contributed by atoms with E-state index in [9.17, 15) is 15.2 Å². The van der Waals surface area contributed by atoms with Crippen LogP contribution in [-0.4, -0.2) is 32.5 Å². The van der Waals surface area contributed by atoms with Crippen LogP contribution in [0.1, 0.15) is 31.4 Å². The number of hydrogen-bond donors (Lipinski definition) is 2. The minimum Gasteiger partial charge on any atom is -0.393 e. The maximum atomic E-state index is 11.0. The molecule has 2 atom stereocenters. The first kappa shape index (κ1) is 13.8. The van der Waals surface area contributed by atoms with Crippen LogP contribution < -0.4 is 5.32 Å². The average Bonchev–Trinajstić information content (AvgIpc) is 2.61. The summed E-state index contributed by atoms with van der Waals surface area (Å²) in [6.07, 6.45) is 3.46. The van der Waals surface area contributed by atoms with Crippen LogP contribution >= 0.6 is 0 Å². The fourth-order valence-corrected chi connectivity index (χ4v) is 2.75. The predicted molar refractivity (Wildman–Crippen MR) is 71.1 cm³/mol. The highest BCUT2D eigenvalue weighted by Gasteiger charge is 2.25. The van der Waals surface area contributed by atoms with Crippen molar-refractivity contribution in [3.8, 4) is 0 Å². The van der Waals surface area contributed by atoms with E-state index in [0.717, 1.165) is 25.7 Å². The van der Waals surface area contributed by atoms with Crippen molar-refractivity contribution in [2.24, 2.45) is 13.0 Å². The van der Waals surface area contributed by atoms with Crippen LogP contribution in [0.4, 0.5) is 11.5 Å². The maximum Gasteiger partial charge on any atom is 0.333 e. The summed E-state index contributed by atoms with van der Waals surface area (Å²) in [6, 6.07) is 0. The second-order valence-electron chi connectivity index (χ2n) is 5.23. The molecule has 1 saturated carbocycles. The standard InChI is InChI=1S/C12H20N4O3/c1-8-11(16(18)19)12(15(2)14-8)13-7-9-4-3-5-10(17)6-9/h9-10,13,17H,3-7H2,1-2H3. The molecule has 19 heavy (non-hydrogen) atoms. The van der Waals surface area contributed by atoms with E-state index >= 15 is 0 Å². The Kier molecular flexibility index (Phi) is 4.04. The molecule has 0 aromatic carbocycles. The van der Waals surface area contributed by atoms with Gasteiger partial charge in [-0.1, -0.05) is 6.42 Å². The number of anilines is 1. The molecule has 0 radical (unpaired) electrons. The lowest BCUT2D eigenvalue weighted by Crippen LogP contribution is -2.25. The summed E-state index contributed by atoms with van der Waals surface area (Å²) < 4.78 is 1.51. The Bertz CT molecular complexity index is 472. The summed E-state index contributed by atoms with van der Waals surface area (Å²) in [5, 5.41) is 27.9. The number of nitrogens with one attached hydrogen (secondary N) is 1. The Morgan fingerprint density at radius 2 is 2.32 bits per heavy atom. The van der Waals surface area contributed by atoms with Crippen molar-refractivity contribution < 1.29 is 10.0 Å². The van der Waals surface area contributed by atoms with Gasteiger partial charge in [-0.3, -0.25) is 10.1 Å². The van der Waals surface area contributed by atoms with Crippen molar-refractivity contribution in [3.05, 3.63) is 15.8 Å². The summed E-state index contributed by atoms with van der Waals surface area (Å²) in [6.45, 7) is 2.27. The minimum atomic E-state index is -0.402. The van der Waals surface area contributed by atoms with Gasteiger partial charge in [0.1, 0.15) is 5.69 Å². The number of nitro groups is 1. The molecule has 0 aliphatic heterocycles. The van der Waals surface area contributed by atoms with Gasteiger partial charge in [0.25, 0.3) is 0 Å². The highest BCUT2D eigenvalue weighted by molar-refractivity contribution is 5.59. The van der Waals surface area contributed by atoms with Gasteiger partial charge in [-0.2, -0.15) is 5.10 Å². The SMILES string of the molecule is Cc1nn(C)c(NCC2CCCC(O)C2)c1[N+](=O)[O-]. The zero-order valence-corrected chi connectivity index (χ0v) is 11.3. The van der Waals surface area contributed by atoms with Crippen LogP contribution in [-0.2, 0) is 7.05 Å². The van der Waals surface area contributed by atoms with Gasteiger partial charge in [-0.05, 0) is 32.1 Å². The molecular formula is C12H20N4O3. The van der Waals surface area contributed by atoms with Crippen LogP contribution in [0.3, 0.4) is 0 Å². The highest BCUT2D eigenvalue weighted by atomic mass is 16.6. The van der Waals surface area contributed by atoms with Gasteiger partial charge in [0.2, 0.25) is 5.82 Å². The molecule has 1 aliphatic rings. The molecule has 106 valence electrons. The summed E-state index contributed by atoms with van der Waals surface area (Å²) in [5.74, 6) is 0.807. The molecule has 7 nitrogen and oxygen atoms in total.